The van der Waals surface area contributed by atoms with Crippen molar-refractivity contribution in [2.75, 3.05) is 47.5 Å². The number of carbonyl (C=O) groups is 2. The lowest BCUT2D eigenvalue weighted by Crippen LogP contribution is -2.37. The lowest BCUT2D eigenvalue weighted by atomic mass is 10.0. The van der Waals surface area contributed by atoms with Crippen LogP contribution in [0.3, 0.4) is 0 Å². The minimum Gasteiger partial charge on any atom is -0.462 e. The number of hydrogen-bond donors (Lipinski definition) is 1. The van der Waals surface area contributed by atoms with Crippen LogP contribution >= 0.6 is 7.82 Å². The molecule has 0 fully saturated rings. The van der Waals surface area contributed by atoms with Crippen LogP contribution in [-0.4, -0.2) is 74.9 Å². The smallest absolute Gasteiger partial charge is 0.462 e. The Labute approximate surface area is 516 Å². The fourth-order valence-corrected chi connectivity index (χ4v) is 9.27. The molecule has 0 aromatic heterocycles. The standard InChI is InChI=1S/C74H122NO8P/c1-6-8-10-12-14-16-18-20-22-24-26-28-30-32-34-36-37-39-41-43-45-47-49-51-53-55-57-59-61-63-65-67-74(77)83-72(71-82-84(78,79)81-69-68-75(3,4)5)70-80-73(76)66-64-62-60-58-56-54-52-50-48-46-44-42-40-38-35-33-31-29-27-25-23-21-19-17-15-13-11-9-7-2/h8-11,14-17,20-23,26-29,32,34,37,39,43,45,49,51,55,57,72H,6-7,12-13,18-19,24-25,30-31,33,35-36,38,40-42,44,46-48,50,52-54,56,58-71H2,1-5H3/p+1/b10-8-,11-9-,16-14-,17-15-,22-20-,23-21-,28-26-,29-27-,34-32-,39-37-,45-43-,51-49-,57-55-. The highest BCUT2D eigenvalue weighted by molar-refractivity contribution is 7.47. The maximum atomic E-state index is 12.9. The fraction of sp³-hybridized carbons (Fsp3) is 0.622. The molecule has 2 atom stereocenters. The molecule has 0 saturated carbocycles. The van der Waals surface area contributed by atoms with Gasteiger partial charge in [-0.3, -0.25) is 18.6 Å². The summed E-state index contributed by atoms with van der Waals surface area (Å²) in [6.07, 6.45) is 94.8. The Morgan fingerprint density at radius 1 is 0.369 bits per heavy atom. The van der Waals surface area contributed by atoms with Crippen molar-refractivity contribution in [3.8, 4) is 0 Å². The van der Waals surface area contributed by atoms with E-state index in [4.69, 9.17) is 18.5 Å². The predicted octanol–water partition coefficient (Wildman–Crippen LogP) is 21.6. The molecule has 0 heterocycles. The zero-order chi connectivity index (χ0) is 61.2. The Bertz CT molecular complexity index is 1970. The lowest BCUT2D eigenvalue weighted by molar-refractivity contribution is -0.870. The van der Waals surface area contributed by atoms with Crippen molar-refractivity contribution in [3.05, 3.63) is 158 Å². The van der Waals surface area contributed by atoms with Crippen molar-refractivity contribution in [2.24, 2.45) is 0 Å². The Balaban J connectivity index is 4.20. The van der Waals surface area contributed by atoms with Gasteiger partial charge in [-0.05, 0) is 122 Å². The molecule has 0 aliphatic carbocycles. The molecule has 0 aromatic carbocycles. The molecule has 1 N–H and O–H groups in total. The number of phosphoric ester groups is 1. The Kier molecular flexibility index (Phi) is 59.9. The third-order valence-corrected chi connectivity index (χ3v) is 14.5. The number of quaternary nitrogens is 1. The summed E-state index contributed by atoms with van der Waals surface area (Å²) in [7, 11) is 1.44. The summed E-state index contributed by atoms with van der Waals surface area (Å²) in [6.45, 7) is 4.16. The number of hydrogen-bond acceptors (Lipinski definition) is 7. The fourth-order valence-electron chi connectivity index (χ4n) is 8.53. The number of esters is 2. The van der Waals surface area contributed by atoms with Gasteiger partial charge in [-0.1, -0.05) is 268 Å². The van der Waals surface area contributed by atoms with Gasteiger partial charge in [0.25, 0.3) is 0 Å². The van der Waals surface area contributed by atoms with Gasteiger partial charge in [-0.25, -0.2) is 4.57 Å². The third kappa shape index (κ3) is 66.8. The van der Waals surface area contributed by atoms with Crippen LogP contribution in [0.15, 0.2) is 158 Å². The van der Waals surface area contributed by atoms with E-state index in [9.17, 15) is 19.0 Å². The zero-order valence-electron chi connectivity index (χ0n) is 54.1. The van der Waals surface area contributed by atoms with E-state index in [1.807, 2.05) is 21.1 Å². The Morgan fingerprint density at radius 3 is 0.964 bits per heavy atom. The molecule has 0 bridgehead atoms. The SMILES string of the molecule is CC/C=C\C/C=C\C/C=C\C/C=C\C/C=C\C/C=C\C/C=C\C/C=C\C/C=C\CCCCCC(=O)OC(COC(=O)CCCCCCCCCCCCCCCCCC/C=C\C/C=C\C/C=C\C/C=C\CC)COP(=O)(O)OCC[N+](C)(C)C. The van der Waals surface area contributed by atoms with E-state index in [0.717, 1.165) is 122 Å². The number of carbonyl (C=O) groups excluding carboxylic acids is 2. The van der Waals surface area contributed by atoms with E-state index < -0.39 is 26.5 Å². The predicted molar refractivity (Wildman–Crippen MR) is 362 cm³/mol. The average Bonchev–Trinajstić information content (AvgIpc) is 3.61. The highest BCUT2D eigenvalue weighted by Crippen LogP contribution is 2.43. The van der Waals surface area contributed by atoms with Gasteiger partial charge in [0.15, 0.2) is 6.10 Å². The van der Waals surface area contributed by atoms with E-state index in [2.05, 4.69) is 172 Å². The summed E-state index contributed by atoms with van der Waals surface area (Å²) in [5.74, 6) is -0.843. The third-order valence-electron chi connectivity index (χ3n) is 13.6. The first-order chi connectivity index (χ1) is 41.0. The van der Waals surface area contributed by atoms with Crippen LogP contribution in [0.1, 0.15) is 245 Å². The van der Waals surface area contributed by atoms with E-state index in [0.29, 0.717) is 17.4 Å². The number of phosphoric acid groups is 1. The molecule has 0 saturated heterocycles. The molecule has 2 unspecified atom stereocenters. The van der Waals surface area contributed by atoms with Gasteiger partial charge in [0.2, 0.25) is 0 Å². The average molecular weight is 1190 g/mol. The van der Waals surface area contributed by atoms with Gasteiger partial charge in [0, 0.05) is 12.8 Å². The summed E-state index contributed by atoms with van der Waals surface area (Å²) in [5, 5.41) is 0. The number of ether oxygens (including phenoxy) is 2. The van der Waals surface area contributed by atoms with Crippen molar-refractivity contribution >= 4 is 19.8 Å². The van der Waals surface area contributed by atoms with Crippen molar-refractivity contribution in [1.29, 1.82) is 0 Å². The summed E-state index contributed by atoms with van der Waals surface area (Å²) in [5.41, 5.74) is 0. The summed E-state index contributed by atoms with van der Waals surface area (Å²) < 4.78 is 34.6. The van der Waals surface area contributed by atoms with Gasteiger partial charge in [0.1, 0.15) is 19.8 Å². The first-order valence-electron chi connectivity index (χ1n) is 33.2. The number of nitrogens with zero attached hydrogens (tertiary/aromatic N) is 1. The van der Waals surface area contributed by atoms with Crippen molar-refractivity contribution < 1.29 is 42.1 Å². The topological polar surface area (TPSA) is 108 Å². The van der Waals surface area contributed by atoms with E-state index >= 15 is 0 Å². The minimum atomic E-state index is -4.41. The first kappa shape index (κ1) is 79.6. The van der Waals surface area contributed by atoms with Gasteiger partial charge < -0.3 is 18.9 Å². The number of likely N-dealkylation sites (N-methyl/N-ethyl adjacent to an activating group) is 1. The molecular weight excluding hydrogens is 1060 g/mol. The summed E-state index contributed by atoms with van der Waals surface area (Å²) in [6, 6.07) is 0. The summed E-state index contributed by atoms with van der Waals surface area (Å²) >= 11 is 0. The molecule has 84 heavy (non-hydrogen) atoms. The number of allylic oxidation sites excluding steroid dienone is 26. The summed E-state index contributed by atoms with van der Waals surface area (Å²) in [4.78, 5) is 35.8. The maximum Gasteiger partial charge on any atom is 0.472 e. The second-order valence-corrected chi connectivity index (χ2v) is 24.2. The van der Waals surface area contributed by atoms with Gasteiger partial charge >= 0.3 is 19.8 Å². The highest BCUT2D eigenvalue weighted by atomic mass is 31.2. The second-order valence-electron chi connectivity index (χ2n) is 22.7. The molecular formula is C74H123NO8P+. The van der Waals surface area contributed by atoms with Crippen LogP contribution in [0.4, 0.5) is 0 Å². The molecule has 0 radical (unpaired) electrons. The largest absolute Gasteiger partial charge is 0.472 e. The molecule has 9 nitrogen and oxygen atoms in total. The lowest BCUT2D eigenvalue weighted by Gasteiger charge is -2.24. The molecule has 476 valence electrons. The monoisotopic (exact) mass is 1180 g/mol. The molecule has 0 rings (SSSR count). The Hall–Kier alpha value is -4.37. The number of rotatable bonds is 59. The van der Waals surface area contributed by atoms with Crippen molar-refractivity contribution in [3.63, 3.8) is 0 Å². The molecule has 0 spiro atoms. The van der Waals surface area contributed by atoms with Gasteiger partial charge in [-0.15, -0.1) is 0 Å². The molecule has 0 amide bonds. The Morgan fingerprint density at radius 2 is 0.643 bits per heavy atom. The quantitative estimate of drug-likeness (QED) is 0.0211. The van der Waals surface area contributed by atoms with Gasteiger partial charge in [-0.2, -0.15) is 0 Å². The molecule has 10 heteroatoms. The van der Waals surface area contributed by atoms with Crippen LogP contribution in [0, 0.1) is 0 Å². The van der Waals surface area contributed by atoms with E-state index in [1.165, 1.54) is 89.9 Å². The van der Waals surface area contributed by atoms with Gasteiger partial charge in [0.05, 0.1) is 27.7 Å². The number of unbranched alkanes of at least 4 members (excludes halogenated alkanes) is 19. The van der Waals surface area contributed by atoms with Crippen molar-refractivity contribution in [2.45, 2.75) is 251 Å². The zero-order valence-corrected chi connectivity index (χ0v) is 55.0. The van der Waals surface area contributed by atoms with Crippen LogP contribution < -0.4 is 0 Å². The van der Waals surface area contributed by atoms with Crippen LogP contribution in [0.5, 0.6) is 0 Å². The first-order valence-corrected chi connectivity index (χ1v) is 34.7. The minimum absolute atomic E-state index is 0.0168. The maximum absolute atomic E-state index is 12.9. The van der Waals surface area contributed by atoms with Crippen molar-refractivity contribution in [1.82, 2.24) is 0 Å². The van der Waals surface area contributed by atoms with Crippen LogP contribution in [0.2, 0.25) is 0 Å². The van der Waals surface area contributed by atoms with Crippen LogP contribution in [-0.2, 0) is 32.7 Å². The molecule has 0 aliphatic rings. The van der Waals surface area contributed by atoms with Crippen LogP contribution in [0.25, 0.3) is 0 Å². The highest BCUT2D eigenvalue weighted by Gasteiger charge is 2.27. The molecule has 0 aromatic rings. The second kappa shape index (κ2) is 63.1. The van der Waals surface area contributed by atoms with E-state index in [1.54, 1.807) is 0 Å². The normalized spacial score (nSPS) is 14.2. The van der Waals surface area contributed by atoms with E-state index in [-0.39, 0.29) is 32.0 Å². The molecule has 0 aliphatic heterocycles.